The third-order valence-corrected chi connectivity index (χ3v) is 3.14. The second kappa shape index (κ2) is 7.44. The van der Waals surface area contributed by atoms with Crippen molar-refractivity contribution in [3.63, 3.8) is 0 Å². The normalized spacial score (nSPS) is 14.6. The molecule has 1 aromatic carbocycles. The van der Waals surface area contributed by atoms with Gasteiger partial charge in [-0.15, -0.1) is 23.2 Å². The van der Waals surface area contributed by atoms with Crippen molar-refractivity contribution in [2.75, 3.05) is 13.1 Å². The predicted molar refractivity (Wildman–Crippen MR) is 80.7 cm³/mol. The first-order valence-corrected chi connectivity index (χ1v) is 7.25. The van der Waals surface area contributed by atoms with Gasteiger partial charge in [-0.2, -0.15) is 0 Å². The van der Waals surface area contributed by atoms with E-state index in [-0.39, 0.29) is 27.3 Å². The van der Waals surface area contributed by atoms with Gasteiger partial charge < -0.3 is 10.2 Å². The maximum atomic E-state index is 9.82. The smallest absolute Gasteiger partial charge is 0.137 e. The fourth-order valence-corrected chi connectivity index (χ4v) is 2.45. The lowest BCUT2D eigenvalue weighted by Gasteiger charge is -2.25. The number of hydrogen-bond donors (Lipinski definition) is 2. The van der Waals surface area contributed by atoms with Gasteiger partial charge in [0.1, 0.15) is 11.5 Å². The van der Waals surface area contributed by atoms with Gasteiger partial charge in [-0.1, -0.05) is 11.6 Å². The number of halogens is 3. The summed E-state index contributed by atoms with van der Waals surface area (Å²) in [6, 6.07) is 2.79. The summed E-state index contributed by atoms with van der Waals surface area (Å²) < 4.78 is 0. The van der Waals surface area contributed by atoms with Crippen LogP contribution in [0.15, 0.2) is 12.1 Å². The second-order valence-electron chi connectivity index (χ2n) is 4.69. The Kier molecular flexibility index (Phi) is 6.54. The van der Waals surface area contributed by atoms with Gasteiger partial charge in [0.2, 0.25) is 0 Å². The Bertz CT molecular complexity index is 415. The van der Waals surface area contributed by atoms with Gasteiger partial charge in [0.25, 0.3) is 0 Å². The molecule has 0 unspecified atom stereocenters. The number of rotatable bonds is 6. The van der Waals surface area contributed by atoms with Crippen LogP contribution in [0.4, 0.5) is 0 Å². The lowest BCUT2D eigenvalue weighted by molar-refractivity contribution is 0.266. The average molecular weight is 327 g/mol. The Hall–Kier alpha value is -0.350. The molecule has 0 spiro atoms. The van der Waals surface area contributed by atoms with Crippen LogP contribution in [0, 0.1) is 0 Å². The molecule has 108 valence electrons. The third-order valence-electron chi connectivity index (χ3n) is 2.56. The van der Waals surface area contributed by atoms with Crippen molar-refractivity contribution >= 4 is 34.8 Å². The van der Waals surface area contributed by atoms with Crippen LogP contribution in [0.25, 0.3) is 0 Å². The molecule has 3 nitrogen and oxygen atoms in total. The van der Waals surface area contributed by atoms with E-state index in [2.05, 4.69) is 0 Å². The monoisotopic (exact) mass is 325 g/mol. The number of aromatic hydroxyl groups is 2. The molecule has 0 saturated carbocycles. The minimum absolute atomic E-state index is 0.0105. The first-order chi connectivity index (χ1) is 8.79. The van der Waals surface area contributed by atoms with E-state index >= 15 is 0 Å². The topological polar surface area (TPSA) is 43.7 Å². The maximum Gasteiger partial charge on any atom is 0.137 e. The molecule has 0 saturated heterocycles. The van der Waals surface area contributed by atoms with Gasteiger partial charge in [-0.3, -0.25) is 4.90 Å². The summed E-state index contributed by atoms with van der Waals surface area (Å²) in [7, 11) is 0. The first-order valence-electron chi connectivity index (χ1n) is 6.00. The minimum Gasteiger partial charge on any atom is -0.507 e. The van der Waals surface area contributed by atoms with Crippen molar-refractivity contribution in [2.24, 2.45) is 0 Å². The molecule has 0 amide bonds. The van der Waals surface area contributed by atoms with Gasteiger partial charge in [0, 0.05) is 42.0 Å². The fourth-order valence-electron chi connectivity index (χ4n) is 1.87. The zero-order chi connectivity index (χ0) is 14.6. The van der Waals surface area contributed by atoms with E-state index in [1.807, 2.05) is 18.7 Å². The molecule has 0 fully saturated rings. The number of benzene rings is 1. The summed E-state index contributed by atoms with van der Waals surface area (Å²) in [5.74, 6) is -0.123. The van der Waals surface area contributed by atoms with Crippen LogP contribution in [-0.4, -0.2) is 39.0 Å². The standard InChI is InChI=1S/C13H18Cl3NO2/c1-8(14)5-17(6-9(2)15)7-10-3-11(16)13(19)4-12(10)18/h3-4,8-9,18-19H,5-7H2,1-2H3/t8-,9+. The van der Waals surface area contributed by atoms with Gasteiger partial charge in [0.15, 0.2) is 0 Å². The summed E-state index contributed by atoms with van der Waals surface area (Å²) in [6.45, 7) is 5.57. The summed E-state index contributed by atoms with van der Waals surface area (Å²) in [4.78, 5) is 2.04. The van der Waals surface area contributed by atoms with Crippen LogP contribution in [0.2, 0.25) is 5.02 Å². The number of nitrogens with zero attached hydrogens (tertiary/aromatic N) is 1. The number of phenols is 2. The first kappa shape index (κ1) is 16.7. The Morgan fingerprint density at radius 1 is 1.05 bits per heavy atom. The highest BCUT2D eigenvalue weighted by molar-refractivity contribution is 6.32. The van der Waals surface area contributed by atoms with Crippen molar-refractivity contribution in [1.29, 1.82) is 0 Å². The van der Waals surface area contributed by atoms with Gasteiger partial charge in [-0.25, -0.2) is 0 Å². The molecular weight excluding hydrogens is 309 g/mol. The molecule has 0 bridgehead atoms. The quantitative estimate of drug-likeness (QED) is 0.781. The van der Waals surface area contributed by atoms with Crippen LogP contribution in [0.5, 0.6) is 11.5 Å². The van der Waals surface area contributed by atoms with E-state index in [0.717, 1.165) is 0 Å². The largest absolute Gasteiger partial charge is 0.507 e. The molecule has 1 aromatic rings. The zero-order valence-electron chi connectivity index (χ0n) is 10.9. The number of alkyl halides is 2. The molecule has 19 heavy (non-hydrogen) atoms. The maximum absolute atomic E-state index is 9.82. The van der Waals surface area contributed by atoms with Crippen molar-refractivity contribution in [2.45, 2.75) is 31.1 Å². The Balaban J connectivity index is 2.86. The highest BCUT2D eigenvalue weighted by Gasteiger charge is 2.15. The molecule has 0 aromatic heterocycles. The Labute approximate surface area is 128 Å². The predicted octanol–water partition coefficient (Wildman–Crippen LogP) is 3.81. The molecule has 0 aliphatic heterocycles. The summed E-state index contributed by atoms with van der Waals surface area (Å²) in [5, 5.41) is 19.4. The Morgan fingerprint density at radius 3 is 2.05 bits per heavy atom. The molecular formula is C13H18Cl3NO2. The average Bonchev–Trinajstić information content (AvgIpc) is 2.23. The molecule has 0 radical (unpaired) electrons. The van der Waals surface area contributed by atoms with E-state index in [0.29, 0.717) is 25.2 Å². The molecule has 2 atom stereocenters. The van der Waals surface area contributed by atoms with E-state index in [9.17, 15) is 10.2 Å². The van der Waals surface area contributed by atoms with Crippen LogP contribution in [0.3, 0.4) is 0 Å². The summed E-state index contributed by atoms with van der Waals surface area (Å²) >= 11 is 17.9. The van der Waals surface area contributed by atoms with E-state index in [4.69, 9.17) is 34.8 Å². The molecule has 1 rings (SSSR count). The van der Waals surface area contributed by atoms with E-state index in [1.165, 1.54) is 6.07 Å². The van der Waals surface area contributed by atoms with E-state index in [1.54, 1.807) is 6.07 Å². The van der Waals surface area contributed by atoms with Crippen LogP contribution in [0.1, 0.15) is 19.4 Å². The van der Waals surface area contributed by atoms with Crippen LogP contribution in [-0.2, 0) is 6.54 Å². The minimum atomic E-state index is -0.133. The van der Waals surface area contributed by atoms with Crippen LogP contribution < -0.4 is 0 Å². The third kappa shape index (κ3) is 5.65. The molecule has 2 N–H and O–H groups in total. The number of phenolic OH excluding ortho intramolecular Hbond substituents is 2. The van der Waals surface area contributed by atoms with Gasteiger partial charge in [0.05, 0.1) is 5.02 Å². The molecule has 0 aliphatic rings. The van der Waals surface area contributed by atoms with Crippen molar-refractivity contribution in [3.05, 3.63) is 22.7 Å². The molecule has 0 aliphatic carbocycles. The molecule has 6 heteroatoms. The fraction of sp³-hybridized carbons (Fsp3) is 0.538. The molecule has 0 heterocycles. The summed E-state index contributed by atoms with van der Waals surface area (Å²) in [6.07, 6.45) is 0. The zero-order valence-corrected chi connectivity index (χ0v) is 13.2. The lowest BCUT2D eigenvalue weighted by Crippen LogP contribution is -2.33. The van der Waals surface area contributed by atoms with Gasteiger partial charge >= 0.3 is 0 Å². The van der Waals surface area contributed by atoms with Crippen molar-refractivity contribution in [1.82, 2.24) is 4.90 Å². The lowest BCUT2D eigenvalue weighted by atomic mass is 10.1. The van der Waals surface area contributed by atoms with Crippen molar-refractivity contribution in [3.8, 4) is 11.5 Å². The van der Waals surface area contributed by atoms with Gasteiger partial charge in [-0.05, 0) is 19.9 Å². The highest BCUT2D eigenvalue weighted by atomic mass is 35.5. The summed E-state index contributed by atoms with van der Waals surface area (Å²) in [5.41, 5.74) is 0.637. The number of hydrogen-bond acceptors (Lipinski definition) is 3. The van der Waals surface area contributed by atoms with Crippen LogP contribution >= 0.6 is 34.8 Å². The van der Waals surface area contributed by atoms with Crippen molar-refractivity contribution < 1.29 is 10.2 Å². The Morgan fingerprint density at radius 2 is 1.58 bits per heavy atom. The van der Waals surface area contributed by atoms with E-state index < -0.39 is 0 Å². The second-order valence-corrected chi connectivity index (χ2v) is 6.59. The SMILES string of the molecule is C[C@H](Cl)CN(Cc1cc(Cl)c(O)cc1O)C[C@@H](C)Cl. The highest BCUT2D eigenvalue weighted by Crippen LogP contribution is 2.31.